The highest BCUT2D eigenvalue weighted by Gasteiger charge is 2.32. The van der Waals surface area contributed by atoms with E-state index in [2.05, 4.69) is 15.0 Å². The Hall–Kier alpha value is -1.97. The number of imidazole rings is 1. The van der Waals surface area contributed by atoms with Crippen molar-refractivity contribution in [2.75, 3.05) is 24.7 Å². The lowest BCUT2D eigenvalue weighted by atomic mass is 10.5. The van der Waals surface area contributed by atoms with Crippen LogP contribution in [0.25, 0.3) is 11.2 Å². The van der Waals surface area contributed by atoms with Crippen LogP contribution in [0.1, 0.15) is 6.23 Å². The highest BCUT2D eigenvalue weighted by atomic mass is 16.7. The summed E-state index contributed by atoms with van der Waals surface area (Å²) in [6.07, 6.45) is 0.650. The molecule has 18 heavy (non-hydrogen) atoms. The molecule has 2 atom stereocenters. The zero-order valence-corrected chi connectivity index (χ0v) is 9.41. The first-order valence-corrected chi connectivity index (χ1v) is 5.38. The van der Waals surface area contributed by atoms with Crippen LogP contribution >= 0.6 is 0 Å². The molecule has 2 unspecified atom stereocenters. The summed E-state index contributed by atoms with van der Waals surface area (Å²) in [5.41, 5.74) is 12.4. The topological polar surface area (TPSA) is 136 Å². The molecule has 0 radical (unpaired) electrons. The van der Waals surface area contributed by atoms with E-state index in [1.165, 1.54) is 0 Å². The number of fused-ring (bicyclic) bond motifs is 1. The summed E-state index contributed by atoms with van der Waals surface area (Å²) in [4.78, 5) is 10.9. The number of nitrogen functional groups attached to an aromatic ring is 2. The molecule has 0 aliphatic carbocycles. The number of H-pyrrole nitrogens is 1. The van der Waals surface area contributed by atoms with Gasteiger partial charge in [0.15, 0.2) is 18.4 Å². The summed E-state index contributed by atoms with van der Waals surface area (Å²) in [6.45, 7) is 0.116. The number of nitrogens with one attached hydrogen (secondary N) is 1. The van der Waals surface area contributed by atoms with Crippen molar-refractivity contribution in [3.05, 3.63) is 6.33 Å². The van der Waals surface area contributed by atoms with Crippen LogP contribution in [0, 0.1) is 0 Å². The van der Waals surface area contributed by atoms with E-state index in [1.54, 1.807) is 10.9 Å². The largest absolute Gasteiger partial charge is 0.391 e. The van der Waals surface area contributed by atoms with Crippen LogP contribution in [-0.4, -0.2) is 39.6 Å². The van der Waals surface area contributed by atoms with Gasteiger partial charge in [-0.25, -0.2) is 4.57 Å². The highest BCUT2D eigenvalue weighted by Crippen LogP contribution is 2.19. The first kappa shape index (κ1) is 11.1. The molecule has 3 rings (SSSR count). The van der Waals surface area contributed by atoms with Gasteiger partial charge >= 0.3 is 5.65 Å². The Bertz CT molecular complexity index is 585. The molecule has 0 amide bonds. The molecule has 2 aromatic rings. The number of aliphatic hydroxyl groups excluding tert-OH is 1. The highest BCUT2D eigenvalue weighted by molar-refractivity contribution is 5.79. The van der Waals surface area contributed by atoms with Crippen molar-refractivity contribution in [3.63, 3.8) is 0 Å². The van der Waals surface area contributed by atoms with E-state index in [4.69, 9.17) is 26.0 Å². The van der Waals surface area contributed by atoms with Crippen LogP contribution in [0.5, 0.6) is 0 Å². The van der Waals surface area contributed by atoms with Crippen molar-refractivity contribution in [3.8, 4) is 0 Å². The number of ether oxygens (including phenoxy) is 2. The number of aromatic nitrogens is 4. The minimum atomic E-state index is -0.621. The first-order chi connectivity index (χ1) is 8.69. The number of aliphatic hydroxyl groups is 1. The average molecular weight is 253 g/mol. The molecule has 0 aromatic carbocycles. The number of rotatable bonds is 2. The lowest BCUT2D eigenvalue weighted by Crippen LogP contribution is -2.40. The van der Waals surface area contributed by atoms with Gasteiger partial charge in [-0.2, -0.15) is 4.98 Å². The normalized spacial score (nSPS) is 23.8. The summed E-state index contributed by atoms with van der Waals surface area (Å²) in [6, 6.07) is 0. The molecule has 3 heterocycles. The Morgan fingerprint density at radius 1 is 1.50 bits per heavy atom. The second kappa shape index (κ2) is 4.05. The lowest BCUT2D eigenvalue weighted by molar-refractivity contribution is -0.735. The number of nitrogens with zero attached hydrogens (tertiary/aromatic N) is 3. The fourth-order valence-corrected chi connectivity index (χ4v) is 1.91. The van der Waals surface area contributed by atoms with E-state index in [1.807, 2.05) is 0 Å². The number of hydrogen-bond acceptors (Lipinski definition) is 7. The summed E-state index contributed by atoms with van der Waals surface area (Å²) in [5.74, 6) is 0.361. The molecule has 9 nitrogen and oxygen atoms in total. The maximum absolute atomic E-state index is 8.95. The number of nitrogens with two attached hydrogens (primary N) is 2. The summed E-state index contributed by atoms with van der Waals surface area (Å²) >= 11 is 0. The fourth-order valence-electron chi connectivity index (χ4n) is 1.91. The standard InChI is InChI=1S/C9H12N6O3/c10-7-6-8(14-9(11)13-7)15(3-12-6)4-2-17-5(1-16)18-4/h3-5,16H,1-2H2,(H4,10,11,13,14)/p+1. The van der Waals surface area contributed by atoms with Crippen molar-refractivity contribution >= 4 is 22.9 Å². The molecule has 0 spiro atoms. The Kier molecular flexibility index (Phi) is 2.51. The van der Waals surface area contributed by atoms with Crippen LogP contribution in [0.15, 0.2) is 6.33 Å². The molecular weight excluding hydrogens is 240 g/mol. The van der Waals surface area contributed by atoms with E-state index in [9.17, 15) is 0 Å². The summed E-state index contributed by atoms with van der Waals surface area (Å²) in [5, 5.41) is 8.95. The molecule has 1 aliphatic heterocycles. The van der Waals surface area contributed by atoms with Gasteiger partial charge in [0, 0.05) is 0 Å². The van der Waals surface area contributed by atoms with Crippen molar-refractivity contribution in [1.29, 1.82) is 0 Å². The van der Waals surface area contributed by atoms with Gasteiger partial charge in [0.05, 0.1) is 6.61 Å². The maximum atomic E-state index is 8.95. The third-order valence-corrected chi connectivity index (χ3v) is 2.72. The van der Waals surface area contributed by atoms with Gasteiger partial charge in [0.25, 0.3) is 5.95 Å². The first-order valence-electron chi connectivity index (χ1n) is 5.38. The third kappa shape index (κ3) is 1.65. The SMILES string of the molecule is Nc1nc(N)c2[nH]c[n+](C3COC(CO)O3)c2n1. The second-order valence-electron chi connectivity index (χ2n) is 3.88. The number of anilines is 2. The molecule has 0 bridgehead atoms. The van der Waals surface area contributed by atoms with E-state index in [-0.39, 0.29) is 24.6 Å². The number of aromatic amines is 1. The predicted octanol–water partition coefficient (Wildman–Crippen LogP) is -1.73. The minimum Gasteiger partial charge on any atom is -0.391 e. The van der Waals surface area contributed by atoms with Gasteiger partial charge in [-0.15, -0.1) is 0 Å². The maximum Gasteiger partial charge on any atom is 0.311 e. The van der Waals surface area contributed by atoms with Crippen LogP contribution in [0.2, 0.25) is 0 Å². The van der Waals surface area contributed by atoms with Crippen LogP contribution in [0.3, 0.4) is 0 Å². The monoisotopic (exact) mass is 253 g/mol. The predicted molar refractivity (Wildman–Crippen MR) is 59.9 cm³/mol. The van der Waals surface area contributed by atoms with Gasteiger partial charge in [-0.3, -0.25) is 4.98 Å². The van der Waals surface area contributed by atoms with Crippen LogP contribution < -0.4 is 16.0 Å². The van der Waals surface area contributed by atoms with Gasteiger partial charge < -0.3 is 26.0 Å². The van der Waals surface area contributed by atoms with Gasteiger partial charge in [0.2, 0.25) is 11.7 Å². The molecule has 0 saturated carbocycles. The van der Waals surface area contributed by atoms with E-state index in [0.29, 0.717) is 17.8 Å². The Morgan fingerprint density at radius 2 is 2.33 bits per heavy atom. The zero-order chi connectivity index (χ0) is 12.7. The van der Waals surface area contributed by atoms with Crippen LogP contribution in [-0.2, 0) is 9.47 Å². The lowest BCUT2D eigenvalue weighted by Gasteiger charge is -2.06. The summed E-state index contributed by atoms with van der Waals surface area (Å²) in [7, 11) is 0. The van der Waals surface area contributed by atoms with Crippen LogP contribution in [0.4, 0.5) is 11.8 Å². The minimum absolute atomic E-state index is 0.0889. The second-order valence-corrected chi connectivity index (χ2v) is 3.88. The van der Waals surface area contributed by atoms with Crippen molar-refractivity contribution in [2.24, 2.45) is 0 Å². The molecule has 9 heteroatoms. The fraction of sp³-hybridized carbons (Fsp3) is 0.444. The van der Waals surface area contributed by atoms with E-state index in [0.717, 1.165) is 0 Å². The van der Waals surface area contributed by atoms with Crippen molar-refractivity contribution in [2.45, 2.75) is 12.5 Å². The molecule has 6 N–H and O–H groups in total. The smallest absolute Gasteiger partial charge is 0.311 e. The molecule has 1 saturated heterocycles. The Morgan fingerprint density at radius 3 is 3.06 bits per heavy atom. The molecule has 1 fully saturated rings. The van der Waals surface area contributed by atoms with Crippen molar-refractivity contribution in [1.82, 2.24) is 15.0 Å². The average Bonchev–Trinajstić information content (AvgIpc) is 2.93. The van der Waals surface area contributed by atoms with Gasteiger partial charge in [-0.1, -0.05) is 4.98 Å². The third-order valence-electron chi connectivity index (χ3n) is 2.72. The zero-order valence-electron chi connectivity index (χ0n) is 9.41. The van der Waals surface area contributed by atoms with E-state index >= 15 is 0 Å². The quantitative estimate of drug-likeness (QED) is 0.467. The number of hydrogen-bond donors (Lipinski definition) is 4. The Balaban J connectivity index is 2.03. The molecule has 1 aliphatic rings. The Labute approximate surface area is 101 Å². The van der Waals surface area contributed by atoms with E-state index < -0.39 is 6.29 Å². The molecular formula is C9H13N6O3+. The molecule has 2 aromatic heterocycles. The van der Waals surface area contributed by atoms with Gasteiger partial charge in [0.1, 0.15) is 6.61 Å². The van der Waals surface area contributed by atoms with Crippen molar-refractivity contribution < 1.29 is 19.1 Å². The summed E-state index contributed by atoms with van der Waals surface area (Å²) < 4.78 is 12.4. The molecule has 96 valence electrons. The van der Waals surface area contributed by atoms with Gasteiger partial charge in [-0.05, 0) is 0 Å².